The maximum absolute atomic E-state index is 2.45. The maximum Gasteiger partial charge on any atom is 0.0461 e. The van der Waals surface area contributed by atoms with Gasteiger partial charge in [-0.3, -0.25) is 0 Å². The Hall–Kier alpha value is -4.36. The van der Waals surface area contributed by atoms with Gasteiger partial charge in [-0.25, -0.2) is 0 Å². The summed E-state index contributed by atoms with van der Waals surface area (Å²) in [4.78, 5) is 2.42. The lowest BCUT2D eigenvalue weighted by molar-refractivity contribution is 0.511. The van der Waals surface area contributed by atoms with Gasteiger partial charge in [0.1, 0.15) is 0 Å². The first-order chi connectivity index (χ1) is 21.3. The molecule has 0 amide bonds. The van der Waals surface area contributed by atoms with Gasteiger partial charge in [-0.2, -0.15) is 0 Å². The van der Waals surface area contributed by atoms with Gasteiger partial charge < -0.3 is 4.90 Å². The molecule has 0 radical (unpaired) electrons. The van der Waals surface area contributed by atoms with Crippen LogP contribution in [0.25, 0.3) is 16.7 Å². The van der Waals surface area contributed by atoms with E-state index in [0.29, 0.717) is 11.8 Å². The van der Waals surface area contributed by atoms with Crippen LogP contribution in [0.4, 0.5) is 11.4 Å². The van der Waals surface area contributed by atoms with Crippen molar-refractivity contribution in [3.8, 4) is 11.1 Å². The second kappa shape index (κ2) is 12.3. The van der Waals surface area contributed by atoms with Crippen molar-refractivity contribution in [2.45, 2.75) is 59.8 Å². The zero-order valence-corrected chi connectivity index (χ0v) is 27.1. The van der Waals surface area contributed by atoms with Gasteiger partial charge in [0, 0.05) is 34.3 Å². The zero-order valence-electron chi connectivity index (χ0n) is 27.1. The minimum absolute atomic E-state index is 0.0536. The Morgan fingerprint density at radius 1 is 0.773 bits per heavy atom. The van der Waals surface area contributed by atoms with Crippen molar-refractivity contribution < 1.29 is 0 Å². The Morgan fingerprint density at radius 3 is 2.23 bits per heavy atom. The third kappa shape index (κ3) is 5.52. The highest BCUT2D eigenvalue weighted by molar-refractivity contribution is 5.89. The summed E-state index contributed by atoms with van der Waals surface area (Å²) in [5.41, 5.74) is 14.4. The smallest absolute Gasteiger partial charge is 0.0461 e. The summed E-state index contributed by atoms with van der Waals surface area (Å²) in [5.74, 6) is 0.868. The molecule has 6 rings (SSSR count). The van der Waals surface area contributed by atoms with E-state index in [1.165, 1.54) is 56.8 Å². The molecule has 1 nitrogen and oxygen atoms in total. The van der Waals surface area contributed by atoms with E-state index in [9.17, 15) is 0 Å². The van der Waals surface area contributed by atoms with Gasteiger partial charge in [-0.15, -0.1) is 0 Å². The highest BCUT2D eigenvalue weighted by Gasteiger charge is 2.43. The van der Waals surface area contributed by atoms with Crippen LogP contribution < -0.4 is 4.90 Å². The highest BCUT2D eigenvalue weighted by atomic mass is 15.1. The molecule has 0 saturated carbocycles. The van der Waals surface area contributed by atoms with Crippen LogP contribution in [0.5, 0.6) is 0 Å². The summed E-state index contributed by atoms with van der Waals surface area (Å²) >= 11 is 0. The topological polar surface area (TPSA) is 3.24 Å². The molecule has 0 spiro atoms. The molecule has 222 valence electrons. The first-order valence-electron chi connectivity index (χ1n) is 16.2. The lowest BCUT2D eigenvalue weighted by Gasteiger charge is -2.35. The number of rotatable bonds is 8. The molecule has 3 aliphatic rings. The summed E-state index contributed by atoms with van der Waals surface area (Å²) in [6, 6.07) is 26.8. The van der Waals surface area contributed by atoms with Gasteiger partial charge in [0.2, 0.25) is 0 Å². The molecule has 0 fully saturated rings. The molecule has 0 N–H and O–H groups in total. The van der Waals surface area contributed by atoms with E-state index >= 15 is 0 Å². The van der Waals surface area contributed by atoms with Crippen LogP contribution in [0.15, 0.2) is 150 Å². The summed E-state index contributed by atoms with van der Waals surface area (Å²) in [6.45, 7) is 13.7. The summed E-state index contributed by atoms with van der Waals surface area (Å²) < 4.78 is 0. The van der Waals surface area contributed by atoms with Crippen LogP contribution in [-0.2, 0) is 5.41 Å². The van der Waals surface area contributed by atoms with Crippen molar-refractivity contribution in [2.24, 2.45) is 11.8 Å². The fourth-order valence-corrected chi connectivity index (χ4v) is 7.09. The minimum atomic E-state index is -0.0536. The van der Waals surface area contributed by atoms with Gasteiger partial charge >= 0.3 is 0 Å². The fourth-order valence-electron chi connectivity index (χ4n) is 7.09. The Labute approximate surface area is 265 Å². The molecule has 0 heterocycles. The number of nitrogens with zero attached hydrogens (tertiary/aromatic N) is 1. The Bertz CT molecular complexity index is 1750. The molecule has 3 aromatic carbocycles. The molecule has 0 aromatic heterocycles. The molecular formula is C43H45N. The summed E-state index contributed by atoms with van der Waals surface area (Å²) in [7, 11) is 0. The third-order valence-corrected chi connectivity index (χ3v) is 9.71. The molecule has 3 aromatic rings. The number of hydrogen-bond acceptors (Lipinski definition) is 1. The Kier molecular flexibility index (Phi) is 8.32. The van der Waals surface area contributed by atoms with Crippen LogP contribution in [0.1, 0.15) is 65.5 Å². The largest absolute Gasteiger partial charge is 0.315 e. The van der Waals surface area contributed by atoms with E-state index < -0.39 is 0 Å². The van der Waals surface area contributed by atoms with Crippen LogP contribution in [-0.4, -0.2) is 0 Å². The number of unbranched alkanes of at least 4 members (excludes halogenated alkanes) is 1. The third-order valence-electron chi connectivity index (χ3n) is 9.71. The fraction of sp³-hybridized carbons (Fsp3) is 0.256. The number of hydrogen-bond donors (Lipinski definition) is 0. The SMILES string of the molecule is CCC/C=C(C)/C(C)=C/C=C(\C)N(c1ccc(-c2ccccc2)cc1)c1ccc2c(c1)C(C)(C)C1=C2C=CC2C=CC=CC12. The summed E-state index contributed by atoms with van der Waals surface area (Å²) in [5, 5.41) is 0. The Balaban J connectivity index is 1.41. The van der Waals surface area contributed by atoms with E-state index in [1.807, 2.05) is 0 Å². The first-order valence-corrected chi connectivity index (χ1v) is 16.2. The molecule has 2 atom stereocenters. The molecule has 44 heavy (non-hydrogen) atoms. The monoisotopic (exact) mass is 575 g/mol. The van der Waals surface area contributed by atoms with E-state index in [2.05, 4.69) is 174 Å². The standard InChI is InChI=1S/C43H45N/c1-7-8-14-30(2)31(3)19-20-32(4)44(36-24-21-34(22-25-36)33-15-10-9-11-16-33)37-26-28-39-40-27-23-35-17-12-13-18-38(35)42(40)43(5,6)41(39)29-37/h9-29,35,38H,7-8H2,1-6H3/b30-14+,31-19+,32-20+. The molecule has 0 bridgehead atoms. The van der Waals surface area contributed by atoms with Crippen molar-refractivity contribution in [1.82, 2.24) is 0 Å². The normalized spacial score (nSPS) is 20.5. The minimum Gasteiger partial charge on any atom is -0.315 e. The van der Waals surface area contributed by atoms with E-state index in [0.717, 1.165) is 12.1 Å². The van der Waals surface area contributed by atoms with E-state index in [1.54, 1.807) is 5.57 Å². The van der Waals surface area contributed by atoms with E-state index in [-0.39, 0.29) is 5.41 Å². The highest BCUT2D eigenvalue weighted by Crippen LogP contribution is 2.55. The lowest BCUT2D eigenvalue weighted by atomic mass is 9.68. The van der Waals surface area contributed by atoms with Gasteiger partial charge in [-0.1, -0.05) is 130 Å². The molecule has 2 unspecified atom stereocenters. The van der Waals surface area contributed by atoms with Gasteiger partial charge in [0.25, 0.3) is 0 Å². The first kappa shape index (κ1) is 29.7. The van der Waals surface area contributed by atoms with Crippen LogP contribution in [0.3, 0.4) is 0 Å². The van der Waals surface area contributed by atoms with Crippen molar-refractivity contribution in [3.05, 3.63) is 161 Å². The van der Waals surface area contributed by atoms with Crippen molar-refractivity contribution in [3.63, 3.8) is 0 Å². The van der Waals surface area contributed by atoms with Crippen molar-refractivity contribution >= 4 is 16.9 Å². The second-order valence-electron chi connectivity index (χ2n) is 13.0. The van der Waals surface area contributed by atoms with E-state index in [4.69, 9.17) is 0 Å². The van der Waals surface area contributed by atoms with Gasteiger partial charge in [-0.05, 0) is 96.5 Å². The van der Waals surface area contributed by atoms with Crippen molar-refractivity contribution in [2.75, 3.05) is 4.90 Å². The van der Waals surface area contributed by atoms with Gasteiger partial charge in [0.05, 0.1) is 0 Å². The predicted molar refractivity (Wildman–Crippen MR) is 191 cm³/mol. The average Bonchev–Trinajstić information content (AvgIpc) is 3.29. The zero-order chi connectivity index (χ0) is 30.8. The van der Waals surface area contributed by atoms with Crippen molar-refractivity contribution in [1.29, 1.82) is 0 Å². The van der Waals surface area contributed by atoms with Crippen LogP contribution in [0.2, 0.25) is 0 Å². The number of fused-ring (bicyclic) bond motifs is 4. The second-order valence-corrected chi connectivity index (χ2v) is 13.0. The van der Waals surface area contributed by atoms with Crippen LogP contribution >= 0.6 is 0 Å². The summed E-state index contributed by atoms with van der Waals surface area (Å²) in [6.07, 6.45) is 23.1. The van der Waals surface area contributed by atoms with Crippen LogP contribution in [0, 0.1) is 11.8 Å². The number of benzene rings is 3. The predicted octanol–water partition coefficient (Wildman–Crippen LogP) is 12.1. The maximum atomic E-state index is 2.45. The quantitative estimate of drug-likeness (QED) is 0.241. The lowest BCUT2D eigenvalue weighted by Crippen LogP contribution is -2.27. The molecule has 0 aliphatic heterocycles. The molecular weight excluding hydrogens is 530 g/mol. The number of allylic oxidation sites excluding steroid dienone is 14. The Morgan fingerprint density at radius 2 is 1.48 bits per heavy atom. The average molecular weight is 576 g/mol. The number of anilines is 2. The molecule has 0 saturated heterocycles. The molecule has 3 aliphatic carbocycles. The van der Waals surface area contributed by atoms with Gasteiger partial charge in [0.15, 0.2) is 0 Å². The molecule has 1 heteroatoms.